The number of pyridine rings is 1. The van der Waals surface area contributed by atoms with Crippen LogP contribution < -0.4 is 16.2 Å². The van der Waals surface area contributed by atoms with E-state index in [1.807, 2.05) is 34.6 Å². The normalized spacial score (nSPS) is 20.8. The zero-order valence-corrected chi connectivity index (χ0v) is 20.4. The van der Waals surface area contributed by atoms with E-state index in [9.17, 15) is 9.59 Å². The highest BCUT2D eigenvalue weighted by Gasteiger charge is 2.39. The van der Waals surface area contributed by atoms with E-state index in [1.165, 1.54) is 0 Å². The van der Waals surface area contributed by atoms with Gasteiger partial charge in [-0.1, -0.05) is 58.6 Å². The Labute approximate surface area is 206 Å². The Bertz CT molecular complexity index is 1080. The van der Waals surface area contributed by atoms with E-state index in [-0.39, 0.29) is 23.3 Å². The molecule has 1 aromatic carbocycles. The fourth-order valence-electron chi connectivity index (χ4n) is 4.40. The molecule has 1 amide bonds. The van der Waals surface area contributed by atoms with Gasteiger partial charge < -0.3 is 20.1 Å². The van der Waals surface area contributed by atoms with Crippen LogP contribution >= 0.6 is 47.0 Å². The number of amides is 1. The van der Waals surface area contributed by atoms with Crippen LogP contribution in [0.2, 0.25) is 0 Å². The summed E-state index contributed by atoms with van der Waals surface area (Å²) in [5, 5.41) is 6.15. The molecular formula is C22H23Cl3N4O2S. The molecule has 0 unspecified atom stereocenters. The Balaban J connectivity index is 1.47. The zero-order chi connectivity index (χ0) is 23.0. The number of alkyl halides is 3. The van der Waals surface area contributed by atoms with Gasteiger partial charge in [-0.15, -0.1) is 0 Å². The predicted octanol–water partition coefficient (Wildman–Crippen LogP) is 3.58. The van der Waals surface area contributed by atoms with Crippen LogP contribution in [0.1, 0.15) is 34.0 Å². The van der Waals surface area contributed by atoms with Crippen LogP contribution in [0, 0.1) is 12.8 Å². The number of nitrogens with one attached hydrogen (secondary N) is 2. The Morgan fingerprint density at radius 3 is 2.50 bits per heavy atom. The van der Waals surface area contributed by atoms with Crippen molar-refractivity contribution < 1.29 is 4.79 Å². The lowest BCUT2D eigenvalue weighted by atomic mass is 9.83. The SMILES string of the molecule is Cc1ccc(C(=O)N[C@@H](NC(=S)N2C[C@H]3C[C@@H](C2)c2cccc(=O)n2C3)C(Cl)(Cl)Cl)cc1. The summed E-state index contributed by atoms with van der Waals surface area (Å²) < 4.78 is 0.0363. The van der Waals surface area contributed by atoms with E-state index < -0.39 is 9.96 Å². The van der Waals surface area contributed by atoms with Gasteiger partial charge in [0.1, 0.15) is 6.17 Å². The Hall–Kier alpha value is -1.80. The van der Waals surface area contributed by atoms with Gasteiger partial charge in [-0.25, -0.2) is 0 Å². The number of nitrogens with zero attached hydrogens (tertiary/aromatic N) is 2. The van der Waals surface area contributed by atoms with Crippen molar-refractivity contribution in [1.82, 2.24) is 20.1 Å². The molecule has 2 aromatic rings. The lowest BCUT2D eigenvalue weighted by molar-refractivity contribution is 0.0932. The summed E-state index contributed by atoms with van der Waals surface area (Å²) in [5.74, 6) is 0.0967. The molecule has 2 N–H and O–H groups in total. The van der Waals surface area contributed by atoms with Crippen molar-refractivity contribution in [3.05, 3.63) is 69.6 Å². The summed E-state index contributed by atoms with van der Waals surface area (Å²) in [6.07, 6.45) is -0.0221. The average Bonchev–Trinajstić information content (AvgIpc) is 2.73. The number of benzene rings is 1. The maximum atomic E-state index is 12.7. The molecule has 32 heavy (non-hydrogen) atoms. The van der Waals surface area contributed by atoms with E-state index >= 15 is 0 Å². The molecule has 1 fully saturated rings. The monoisotopic (exact) mass is 512 g/mol. The third-order valence-electron chi connectivity index (χ3n) is 5.95. The summed E-state index contributed by atoms with van der Waals surface area (Å²) in [6.45, 7) is 3.92. The van der Waals surface area contributed by atoms with Crippen LogP contribution in [0.3, 0.4) is 0 Å². The second-order valence-corrected chi connectivity index (χ2v) is 11.1. The first-order valence-corrected chi connectivity index (χ1v) is 11.9. The fourth-order valence-corrected chi connectivity index (χ4v) is 4.99. The van der Waals surface area contributed by atoms with Gasteiger partial charge in [-0.05, 0) is 49.7 Å². The van der Waals surface area contributed by atoms with Crippen molar-refractivity contribution in [1.29, 1.82) is 0 Å². The molecule has 2 bridgehead atoms. The third kappa shape index (κ3) is 5.06. The topological polar surface area (TPSA) is 66.4 Å². The molecule has 2 aliphatic rings. The molecule has 0 aliphatic carbocycles. The number of thiocarbonyl (C=S) groups is 1. The minimum absolute atomic E-state index is 0.0291. The van der Waals surface area contributed by atoms with Crippen molar-refractivity contribution >= 4 is 58.0 Å². The average molecular weight is 514 g/mol. The summed E-state index contributed by atoms with van der Waals surface area (Å²) >= 11 is 24.1. The van der Waals surface area contributed by atoms with Crippen molar-refractivity contribution in [2.45, 2.75) is 35.8 Å². The molecular weight excluding hydrogens is 491 g/mol. The minimum atomic E-state index is -1.82. The van der Waals surface area contributed by atoms with Gasteiger partial charge in [0.2, 0.25) is 3.79 Å². The highest BCUT2D eigenvalue weighted by molar-refractivity contribution is 7.80. The predicted molar refractivity (Wildman–Crippen MR) is 132 cm³/mol. The van der Waals surface area contributed by atoms with Crippen molar-refractivity contribution in [2.24, 2.45) is 5.92 Å². The Kier molecular flexibility index (Phi) is 6.73. The smallest absolute Gasteiger partial charge is 0.252 e. The number of carbonyl (C=O) groups is 1. The first-order valence-electron chi connectivity index (χ1n) is 10.3. The number of carbonyl (C=O) groups excluding carboxylic acids is 1. The molecule has 3 heterocycles. The molecule has 2 aliphatic heterocycles. The number of aryl methyl sites for hydroxylation is 1. The number of halogens is 3. The van der Waals surface area contributed by atoms with E-state index in [0.29, 0.717) is 30.3 Å². The lowest BCUT2D eigenvalue weighted by Crippen LogP contribution is -2.60. The van der Waals surface area contributed by atoms with Crippen molar-refractivity contribution in [3.8, 4) is 0 Å². The molecule has 6 nitrogen and oxygen atoms in total. The number of hydrogen-bond donors (Lipinski definition) is 2. The van der Waals surface area contributed by atoms with Gasteiger partial charge in [0.15, 0.2) is 5.11 Å². The van der Waals surface area contributed by atoms with Crippen molar-refractivity contribution in [2.75, 3.05) is 13.1 Å². The Morgan fingerprint density at radius 1 is 1.09 bits per heavy atom. The fraction of sp³-hybridized carbons (Fsp3) is 0.409. The van der Waals surface area contributed by atoms with Crippen LogP contribution in [-0.2, 0) is 6.54 Å². The van der Waals surface area contributed by atoms with Gasteiger partial charge >= 0.3 is 0 Å². The number of piperidine rings is 1. The second kappa shape index (κ2) is 9.21. The van der Waals surface area contributed by atoms with Crippen molar-refractivity contribution in [3.63, 3.8) is 0 Å². The first-order chi connectivity index (χ1) is 15.1. The number of hydrogen-bond acceptors (Lipinski definition) is 3. The molecule has 3 atom stereocenters. The first kappa shape index (κ1) is 23.4. The quantitative estimate of drug-likeness (QED) is 0.373. The van der Waals surface area contributed by atoms with Crippen LogP contribution in [0.5, 0.6) is 0 Å². The number of fused-ring (bicyclic) bond motifs is 4. The summed E-state index contributed by atoms with van der Waals surface area (Å²) in [6, 6.07) is 12.5. The largest absolute Gasteiger partial charge is 0.348 e. The highest BCUT2D eigenvalue weighted by Crippen LogP contribution is 2.35. The number of aromatic nitrogens is 1. The highest BCUT2D eigenvalue weighted by atomic mass is 35.6. The molecule has 0 saturated carbocycles. The standard InChI is InChI=1S/C22H23Cl3N4O2S/c1-13-5-7-15(8-6-13)19(31)26-20(22(23,24)25)27-21(32)28-10-14-9-16(12-28)17-3-2-4-18(30)29(17)11-14/h2-8,14,16,20H,9-12H2,1H3,(H,26,31)(H,27,32)/t14-,16+,20+/m1/s1. The van der Waals surface area contributed by atoms with Crippen LogP contribution in [0.15, 0.2) is 47.3 Å². The number of likely N-dealkylation sites (tertiary alicyclic amines) is 1. The van der Waals surface area contributed by atoms with E-state index in [1.54, 1.807) is 24.3 Å². The molecule has 4 rings (SSSR count). The van der Waals surface area contributed by atoms with Gasteiger partial charge in [-0.2, -0.15) is 0 Å². The second-order valence-electron chi connectivity index (χ2n) is 8.37. The minimum Gasteiger partial charge on any atom is -0.348 e. The van der Waals surface area contributed by atoms with Gasteiger partial charge in [-0.3, -0.25) is 9.59 Å². The maximum absolute atomic E-state index is 12.7. The summed E-state index contributed by atoms with van der Waals surface area (Å²) in [7, 11) is 0. The zero-order valence-electron chi connectivity index (χ0n) is 17.4. The number of rotatable bonds is 3. The molecule has 170 valence electrons. The molecule has 0 radical (unpaired) electrons. The summed E-state index contributed by atoms with van der Waals surface area (Å²) in [4.78, 5) is 26.9. The third-order valence-corrected chi connectivity index (χ3v) is 6.98. The molecule has 1 saturated heterocycles. The molecule has 1 aromatic heterocycles. The molecule has 0 spiro atoms. The van der Waals surface area contributed by atoms with Crippen LogP contribution in [0.4, 0.5) is 0 Å². The van der Waals surface area contributed by atoms with Crippen LogP contribution in [0.25, 0.3) is 0 Å². The van der Waals surface area contributed by atoms with Gasteiger partial charge in [0.25, 0.3) is 11.5 Å². The van der Waals surface area contributed by atoms with E-state index in [4.69, 9.17) is 47.0 Å². The van der Waals surface area contributed by atoms with Gasteiger partial charge in [0.05, 0.1) is 0 Å². The summed E-state index contributed by atoms with van der Waals surface area (Å²) in [5.41, 5.74) is 2.55. The van der Waals surface area contributed by atoms with E-state index in [0.717, 1.165) is 17.7 Å². The van der Waals surface area contributed by atoms with Gasteiger partial charge in [0, 0.05) is 42.9 Å². The Morgan fingerprint density at radius 2 is 1.81 bits per heavy atom. The maximum Gasteiger partial charge on any atom is 0.252 e. The van der Waals surface area contributed by atoms with Crippen LogP contribution in [-0.4, -0.2) is 43.5 Å². The van der Waals surface area contributed by atoms with E-state index in [2.05, 4.69) is 10.6 Å². The molecule has 10 heteroatoms. The lowest BCUT2D eigenvalue weighted by Gasteiger charge is -2.44.